The Morgan fingerprint density at radius 3 is 2.85 bits per heavy atom. The molecule has 0 spiro atoms. The van der Waals surface area contributed by atoms with Crippen molar-refractivity contribution in [2.24, 2.45) is 4.99 Å². The molecule has 1 aromatic heterocycles. The summed E-state index contributed by atoms with van der Waals surface area (Å²) in [4.78, 5) is 28.0. The fourth-order valence-electron chi connectivity index (χ4n) is 1.95. The molecule has 0 unspecified atom stereocenters. The van der Waals surface area contributed by atoms with Crippen molar-refractivity contribution < 1.29 is 14.7 Å². The van der Waals surface area contributed by atoms with Crippen molar-refractivity contribution in [3.63, 3.8) is 0 Å². The van der Waals surface area contributed by atoms with E-state index >= 15 is 0 Å². The normalized spacial score (nSPS) is 13.1. The van der Waals surface area contributed by atoms with Crippen LogP contribution in [-0.2, 0) is 6.54 Å². The molecule has 100 valence electrons. The number of nitrogens with zero attached hydrogens (tertiary/aromatic N) is 1. The number of carbonyl (C=O) groups is 2. The third-order valence-electron chi connectivity index (χ3n) is 2.98. The van der Waals surface area contributed by atoms with Crippen LogP contribution in [0.4, 0.5) is 5.69 Å². The highest BCUT2D eigenvalue weighted by Gasteiger charge is 2.20. The maximum atomic E-state index is 12.2. The van der Waals surface area contributed by atoms with Crippen molar-refractivity contribution in [2.45, 2.75) is 6.54 Å². The van der Waals surface area contributed by atoms with Crippen LogP contribution in [0, 0.1) is 0 Å². The fraction of sp³-hybridized carbons (Fsp3) is 0.0714. The van der Waals surface area contributed by atoms with Gasteiger partial charge >= 0.3 is 5.97 Å². The Morgan fingerprint density at radius 1 is 1.30 bits per heavy atom. The van der Waals surface area contributed by atoms with Crippen molar-refractivity contribution in [2.75, 3.05) is 5.32 Å². The first-order valence-corrected chi connectivity index (χ1v) is 6.79. The summed E-state index contributed by atoms with van der Waals surface area (Å²) in [6, 6.07) is 8.30. The van der Waals surface area contributed by atoms with Gasteiger partial charge in [0.15, 0.2) is 5.84 Å². The molecule has 0 saturated carbocycles. The average Bonchev–Trinajstić information content (AvgIpc) is 2.99. The molecule has 0 amide bonds. The number of ketones is 1. The summed E-state index contributed by atoms with van der Waals surface area (Å²) in [5.74, 6) is -0.919. The molecule has 0 saturated heterocycles. The fourth-order valence-corrected chi connectivity index (χ4v) is 2.61. The van der Waals surface area contributed by atoms with Gasteiger partial charge in [0.05, 0.1) is 17.0 Å². The van der Waals surface area contributed by atoms with Crippen molar-refractivity contribution in [3.8, 4) is 0 Å². The first-order valence-electron chi connectivity index (χ1n) is 5.91. The number of hydrogen-bond acceptors (Lipinski definition) is 5. The third-order valence-corrected chi connectivity index (χ3v) is 3.85. The molecule has 2 aromatic rings. The van der Waals surface area contributed by atoms with Crippen molar-refractivity contribution in [1.29, 1.82) is 0 Å². The summed E-state index contributed by atoms with van der Waals surface area (Å²) in [6.45, 7) is 0.370. The van der Waals surface area contributed by atoms with Crippen LogP contribution in [0.2, 0.25) is 0 Å². The van der Waals surface area contributed by atoms with Gasteiger partial charge in [0.2, 0.25) is 5.78 Å². The Morgan fingerprint density at radius 2 is 2.15 bits per heavy atom. The zero-order valence-electron chi connectivity index (χ0n) is 10.3. The van der Waals surface area contributed by atoms with Gasteiger partial charge in [0, 0.05) is 5.69 Å². The van der Waals surface area contributed by atoms with Gasteiger partial charge in [-0.05, 0) is 29.1 Å². The predicted octanol–water partition coefficient (Wildman–Crippen LogP) is 2.65. The van der Waals surface area contributed by atoms with Crippen LogP contribution in [0.1, 0.15) is 25.6 Å². The first kappa shape index (κ1) is 12.6. The predicted molar refractivity (Wildman–Crippen MR) is 76.8 cm³/mol. The lowest BCUT2D eigenvalue weighted by atomic mass is 10.1. The number of benzene rings is 1. The Hall–Kier alpha value is -2.47. The Balaban J connectivity index is 1.90. The molecule has 0 fully saturated rings. The van der Waals surface area contributed by atoms with E-state index in [0.29, 0.717) is 17.1 Å². The second-order valence-corrected chi connectivity index (χ2v) is 5.22. The monoisotopic (exact) mass is 286 g/mol. The van der Waals surface area contributed by atoms with Gasteiger partial charge in [-0.15, -0.1) is 11.3 Å². The number of carboxylic acids is 1. The van der Waals surface area contributed by atoms with Crippen molar-refractivity contribution in [1.82, 2.24) is 0 Å². The van der Waals surface area contributed by atoms with Gasteiger partial charge in [-0.2, -0.15) is 0 Å². The van der Waals surface area contributed by atoms with E-state index in [4.69, 9.17) is 5.11 Å². The summed E-state index contributed by atoms with van der Waals surface area (Å²) in [6.07, 6.45) is 0. The maximum Gasteiger partial charge on any atom is 0.335 e. The van der Waals surface area contributed by atoms with Crippen molar-refractivity contribution in [3.05, 3.63) is 51.7 Å². The quantitative estimate of drug-likeness (QED) is 0.850. The van der Waals surface area contributed by atoms with E-state index in [-0.39, 0.29) is 17.2 Å². The number of anilines is 1. The second-order valence-electron chi connectivity index (χ2n) is 4.27. The van der Waals surface area contributed by atoms with Crippen LogP contribution in [0.3, 0.4) is 0 Å². The number of carbonyl (C=O) groups excluding carboxylic acids is 1. The lowest BCUT2D eigenvalue weighted by molar-refractivity contribution is 0.0696. The highest BCUT2D eigenvalue weighted by molar-refractivity contribution is 7.13. The molecule has 3 rings (SSSR count). The van der Waals surface area contributed by atoms with E-state index in [9.17, 15) is 9.59 Å². The molecule has 1 aliphatic heterocycles. The SMILES string of the molecule is O=C(O)c1ccc2c(c1)NC(C(=O)c1cccs1)=NC2. The number of aromatic carboxylic acids is 1. The molecule has 20 heavy (non-hydrogen) atoms. The minimum Gasteiger partial charge on any atom is -0.478 e. The number of nitrogens with one attached hydrogen (secondary N) is 1. The highest BCUT2D eigenvalue weighted by Crippen LogP contribution is 2.23. The third kappa shape index (κ3) is 2.21. The van der Waals surface area contributed by atoms with Crippen molar-refractivity contribution >= 4 is 34.6 Å². The van der Waals surface area contributed by atoms with Crippen LogP contribution in [0.15, 0.2) is 40.7 Å². The molecule has 1 aliphatic rings. The van der Waals surface area contributed by atoms with E-state index in [2.05, 4.69) is 10.3 Å². The van der Waals surface area contributed by atoms with E-state index in [1.807, 2.05) is 5.38 Å². The Kier molecular flexibility index (Phi) is 3.08. The number of amidine groups is 1. The number of rotatable bonds is 3. The van der Waals surface area contributed by atoms with Crippen LogP contribution in [-0.4, -0.2) is 22.7 Å². The summed E-state index contributed by atoms with van der Waals surface area (Å²) in [5, 5.41) is 13.7. The van der Waals surface area contributed by atoms with Crippen LogP contribution < -0.4 is 5.32 Å². The number of aliphatic imine (C=N–C) groups is 1. The average molecular weight is 286 g/mol. The zero-order chi connectivity index (χ0) is 14.1. The molecule has 0 radical (unpaired) electrons. The van der Waals surface area contributed by atoms with E-state index < -0.39 is 5.97 Å². The molecular formula is C14H10N2O3S. The number of fused-ring (bicyclic) bond motifs is 1. The molecule has 0 aliphatic carbocycles. The maximum absolute atomic E-state index is 12.2. The van der Waals surface area contributed by atoms with Gasteiger partial charge < -0.3 is 10.4 Å². The molecule has 0 atom stereocenters. The summed E-state index contributed by atoms with van der Waals surface area (Å²) in [5.41, 5.74) is 1.68. The smallest absolute Gasteiger partial charge is 0.335 e. The van der Waals surface area contributed by atoms with Crippen LogP contribution >= 0.6 is 11.3 Å². The molecule has 2 N–H and O–H groups in total. The van der Waals surface area contributed by atoms with E-state index in [1.165, 1.54) is 23.5 Å². The van der Waals surface area contributed by atoms with Crippen LogP contribution in [0.5, 0.6) is 0 Å². The minimum atomic E-state index is -0.997. The Bertz CT molecular complexity index is 720. The summed E-state index contributed by atoms with van der Waals surface area (Å²) < 4.78 is 0. The van der Waals surface area contributed by atoms with Gasteiger partial charge in [-0.1, -0.05) is 12.1 Å². The number of thiophene rings is 1. The largest absolute Gasteiger partial charge is 0.478 e. The topological polar surface area (TPSA) is 78.8 Å². The van der Waals surface area contributed by atoms with Gasteiger partial charge in [0.25, 0.3) is 0 Å². The summed E-state index contributed by atoms with van der Waals surface area (Å²) in [7, 11) is 0. The lowest BCUT2D eigenvalue weighted by Gasteiger charge is -2.17. The van der Waals surface area contributed by atoms with Gasteiger partial charge in [-0.25, -0.2) is 4.79 Å². The van der Waals surface area contributed by atoms with Gasteiger partial charge in [0.1, 0.15) is 0 Å². The molecule has 5 nitrogen and oxygen atoms in total. The highest BCUT2D eigenvalue weighted by atomic mass is 32.1. The Labute approximate surface area is 118 Å². The number of carboxylic acid groups (broad SMARTS) is 1. The van der Waals surface area contributed by atoms with Crippen LogP contribution in [0.25, 0.3) is 0 Å². The molecule has 1 aromatic carbocycles. The second kappa shape index (κ2) is 4.90. The van der Waals surface area contributed by atoms with E-state index in [1.54, 1.807) is 18.2 Å². The summed E-state index contributed by atoms with van der Waals surface area (Å²) >= 11 is 1.35. The number of Topliss-reactive ketones (excluding diaryl/α,β-unsaturated/α-hetero) is 1. The molecular weight excluding hydrogens is 276 g/mol. The standard InChI is InChI=1S/C14H10N2O3S/c17-12(11-2-1-5-20-11)13-15-7-9-4-3-8(14(18)19)6-10(9)16-13/h1-6H,7H2,(H,15,16)(H,18,19). The molecule has 2 heterocycles. The van der Waals surface area contributed by atoms with E-state index in [0.717, 1.165) is 5.56 Å². The van der Waals surface area contributed by atoms with Gasteiger partial charge in [-0.3, -0.25) is 9.79 Å². The molecule has 0 bridgehead atoms. The zero-order valence-corrected chi connectivity index (χ0v) is 11.1. The number of hydrogen-bond donors (Lipinski definition) is 2. The molecule has 6 heteroatoms. The first-order chi connectivity index (χ1) is 9.65. The minimum absolute atomic E-state index is 0.175. The lowest BCUT2D eigenvalue weighted by Crippen LogP contribution is -2.26.